The zero-order valence-corrected chi connectivity index (χ0v) is 12.0. The number of imidazole rings is 1. The van der Waals surface area contributed by atoms with E-state index in [0.29, 0.717) is 12.4 Å². The summed E-state index contributed by atoms with van der Waals surface area (Å²) in [5.41, 5.74) is 2.11. The molecule has 6 heteroatoms. The van der Waals surface area contributed by atoms with Crippen LogP contribution in [0.25, 0.3) is 0 Å². The van der Waals surface area contributed by atoms with E-state index in [0.717, 1.165) is 35.1 Å². The van der Waals surface area contributed by atoms with Crippen molar-refractivity contribution in [2.75, 3.05) is 0 Å². The normalized spacial score (nSPS) is 10.8. The van der Waals surface area contributed by atoms with Crippen LogP contribution in [-0.4, -0.2) is 25.6 Å². The van der Waals surface area contributed by atoms with Crippen LogP contribution < -0.4 is 0 Å². The summed E-state index contributed by atoms with van der Waals surface area (Å²) in [5.74, 6) is 0.434. The van der Waals surface area contributed by atoms with Crippen LogP contribution in [0.4, 0.5) is 0 Å². The lowest BCUT2D eigenvalue weighted by atomic mass is 10.3. The summed E-state index contributed by atoms with van der Waals surface area (Å²) in [5, 5.41) is 4.53. The molecule has 0 aliphatic carbocycles. The molecule has 0 aliphatic rings. The van der Waals surface area contributed by atoms with E-state index in [-0.39, 0.29) is 0 Å². The minimum Gasteiger partial charge on any atom is -0.323 e. The van der Waals surface area contributed by atoms with Gasteiger partial charge in [0.05, 0.1) is 22.4 Å². The van der Waals surface area contributed by atoms with Crippen molar-refractivity contribution in [2.24, 2.45) is 0 Å². The van der Waals surface area contributed by atoms with Gasteiger partial charge in [0, 0.05) is 18.9 Å². The van der Waals surface area contributed by atoms with E-state index in [2.05, 4.69) is 39.9 Å². The lowest BCUT2D eigenvalue weighted by Gasteiger charge is -2.07. The Morgan fingerprint density at radius 3 is 2.83 bits per heavy atom. The van der Waals surface area contributed by atoms with Gasteiger partial charge in [-0.05, 0) is 29.3 Å². The molecule has 0 unspecified atom stereocenters. The fourth-order valence-electron chi connectivity index (χ4n) is 1.90. The number of rotatable bonds is 5. The van der Waals surface area contributed by atoms with Crippen molar-refractivity contribution < 1.29 is 4.79 Å². The van der Waals surface area contributed by atoms with Gasteiger partial charge in [-0.15, -0.1) is 0 Å². The molecule has 0 radical (unpaired) electrons. The highest BCUT2D eigenvalue weighted by Crippen LogP contribution is 2.23. The second-order valence-electron chi connectivity index (χ2n) is 3.91. The van der Waals surface area contributed by atoms with Crippen LogP contribution in [0.15, 0.2) is 16.9 Å². The zero-order valence-electron chi connectivity index (χ0n) is 10.4. The molecule has 0 aromatic carbocycles. The summed E-state index contributed by atoms with van der Waals surface area (Å²) in [6, 6.07) is 0. The first-order valence-electron chi connectivity index (χ1n) is 5.91. The predicted octanol–water partition coefficient (Wildman–Crippen LogP) is 2.29. The fourth-order valence-corrected chi connectivity index (χ4v) is 2.59. The van der Waals surface area contributed by atoms with Gasteiger partial charge < -0.3 is 4.57 Å². The molecule has 0 atom stereocenters. The standard InChI is InChI=1S/C12H15BrN4O/c1-3-9-12(13)10(17(4-2)15-9)7-16-6-5-14-11(16)8-18/h5-6,8H,3-4,7H2,1-2H3. The molecule has 0 fully saturated rings. The molecular formula is C12H15BrN4O. The number of nitrogens with zero attached hydrogens (tertiary/aromatic N) is 4. The van der Waals surface area contributed by atoms with Crippen molar-refractivity contribution in [3.05, 3.63) is 34.1 Å². The van der Waals surface area contributed by atoms with Gasteiger partial charge in [0.2, 0.25) is 0 Å². The van der Waals surface area contributed by atoms with Gasteiger partial charge in [-0.1, -0.05) is 6.92 Å². The van der Waals surface area contributed by atoms with E-state index in [4.69, 9.17) is 0 Å². The predicted molar refractivity (Wildman–Crippen MR) is 71.7 cm³/mol. The molecule has 0 saturated carbocycles. The van der Waals surface area contributed by atoms with Crippen molar-refractivity contribution in [3.63, 3.8) is 0 Å². The highest BCUT2D eigenvalue weighted by atomic mass is 79.9. The maximum absolute atomic E-state index is 10.9. The molecule has 2 heterocycles. The average molecular weight is 311 g/mol. The van der Waals surface area contributed by atoms with E-state index >= 15 is 0 Å². The summed E-state index contributed by atoms with van der Waals surface area (Å²) < 4.78 is 4.80. The number of halogens is 1. The number of hydrogen-bond donors (Lipinski definition) is 0. The first kappa shape index (κ1) is 13.0. The highest BCUT2D eigenvalue weighted by molar-refractivity contribution is 9.10. The van der Waals surface area contributed by atoms with E-state index in [1.54, 1.807) is 12.4 Å². The molecule has 2 aromatic heterocycles. The van der Waals surface area contributed by atoms with Gasteiger partial charge in [0.15, 0.2) is 12.1 Å². The van der Waals surface area contributed by atoms with Crippen LogP contribution in [0.2, 0.25) is 0 Å². The van der Waals surface area contributed by atoms with Gasteiger partial charge in [-0.3, -0.25) is 9.48 Å². The Hall–Kier alpha value is -1.43. The molecule has 2 rings (SSSR count). The average Bonchev–Trinajstić information content (AvgIpc) is 2.95. The van der Waals surface area contributed by atoms with Crippen LogP contribution in [0, 0.1) is 0 Å². The summed E-state index contributed by atoms with van der Waals surface area (Å²) in [7, 11) is 0. The molecule has 0 bridgehead atoms. The molecule has 18 heavy (non-hydrogen) atoms. The number of carbonyl (C=O) groups is 1. The molecular weight excluding hydrogens is 296 g/mol. The third kappa shape index (κ3) is 2.25. The minimum atomic E-state index is 0.434. The summed E-state index contributed by atoms with van der Waals surface area (Å²) in [4.78, 5) is 14.9. The summed E-state index contributed by atoms with van der Waals surface area (Å²) >= 11 is 3.59. The summed E-state index contributed by atoms with van der Waals surface area (Å²) in [6.07, 6.45) is 5.08. The second-order valence-corrected chi connectivity index (χ2v) is 4.70. The first-order valence-corrected chi connectivity index (χ1v) is 6.70. The summed E-state index contributed by atoms with van der Waals surface area (Å²) in [6.45, 7) is 5.52. The van der Waals surface area contributed by atoms with E-state index < -0.39 is 0 Å². The topological polar surface area (TPSA) is 52.7 Å². The van der Waals surface area contributed by atoms with E-state index in [1.165, 1.54) is 0 Å². The van der Waals surface area contributed by atoms with Crippen molar-refractivity contribution >= 4 is 22.2 Å². The molecule has 96 valence electrons. The second kappa shape index (κ2) is 5.48. The SMILES string of the molecule is CCc1nn(CC)c(Cn2ccnc2C=O)c1Br. The Morgan fingerprint density at radius 2 is 2.22 bits per heavy atom. The molecule has 0 amide bonds. The zero-order chi connectivity index (χ0) is 13.1. The Bertz CT molecular complexity index is 558. The number of aldehydes is 1. The maximum Gasteiger partial charge on any atom is 0.185 e. The van der Waals surface area contributed by atoms with Gasteiger partial charge in [-0.2, -0.15) is 5.10 Å². The van der Waals surface area contributed by atoms with Gasteiger partial charge in [0.25, 0.3) is 0 Å². The first-order chi connectivity index (χ1) is 8.71. The number of hydrogen-bond acceptors (Lipinski definition) is 3. The third-order valence-corrected chi connectivity index (χ3v) is 3.78. The highest BCUT2D eigenvalue weighted by Gasteiger charge is 2.15. The third-order valence-electron chi connectivity index (χ3n) is 2.87. The fraction of sp³-hybridized carbons (Fsp3) is 0.417. The Morgan fingerprint density at radius 1 is 1.44 bits per heavy atom. The molecule has 0 N–H and O–H groups in total. The number of carbonyl (C=O) groups excluding carboxylic acids is 1. The van der Waals surface area contributed by atoms with Crippen LogP contribution in [0.3, 0.4) is 0 Å². The van der Waals surface area contributed by atoms with E-state index in [1.807, 2.05) is 9.25 Å². The molecule has 0 spiro atoms. The monoisotopic (exact) mass is 310 g/mol. The number of aryl methyl sites for hydroxylation is 2. The smallest absolute Gasteiger partial charge is 0.185 e. The molecule has 2 aromatic rings. The molecule has 0 saturated heterocycles. The van der Waals surface area contributed by atoms with Crippen molar-refractivity contribution in [1.82, 2.24) is 19.3 Å². The van der Waals surface area contributed by atoms with E-state index in [9.17, 15) is 4.79 Å². The number of aromatic nitrogens is 4. The lowest BCUT2D eigenvalue weighted by molar-refractivity contribution is 0.111. The van der Waals surface area contributed by atoms with Gasteiger partial charge >= 0.3 is 0 Å². The quantitative estimate of drug-likeness (QED) is 0.796. The largest absolute Gasteiger partial charge is 0.323 e. The van der Waals surface area contributed by atoms with Crippen molar-refractivity contribution in [3.8, 4) is 0 Å². The Labute approximate surface area is 114 Å². The van der Waals surface area contributed by atoms with Gasteiger partial charge in [-0.25, -0.2) is 4.98 Å². The minimum absolute atomic E-state index is 0.434. The molecule has 0 aliphatic heterocycles. The van der Waals surface area contributed by atoms with Crippen LogP contribution in [0.1, 0.15) is 35.9 Å². The van der Waals surface area contributed by atoms with Crippen LogP contribution in [-0.2, 0) is 19.5 Å². The Balaban J connectivity index is 2.39. The van der Waals surface area contributed by atoms with Crippen LogP contribution in [0.5, 0.6) is 0 Å². The lowest BCUT2D eigenvalue weighted by Crippen LogP contribution is -2.10. The maximum atomic E-state index is 10.9. The van der Waals surface area contributed by atoms with Crippen molar-refractivity contribution in [1.29, 1.82) is 0 Å². The van der Waals surface area contributed by atoms with Gasteiger partial charge in [0.1, 0.15) is 0 Å². The van der Waals surface area contributed by atoms with Crippen molar-refractivity contribution in [2.45, 2.75) is 33.4 Å². The molecule has 5 nitrogen and oxygen atoms in total. The Kier molecular flexibility index (Phi) is 3.96. The van der Waals surface area contributed by atoms with Crippen LogP contribution >= 0.6 is 15.9 Å².